The first-order valence-electron chi connectivity index (χ1n) is 9.26. The lowest BCUT2D eigenvalue weighted by Crippen LogP contribution is -2.14. The highest BCUT2D eigenvalue weighted by atomic mass is 32.2. The number of thiophene rings is 1. The largest absolute Gasteiger partial charge is 0.325 e. The predicted octanol–water partition coefficient (Wildman–Crippen LogP) is 3.17. The molecule has 29 heavy (non-hydrogen) atoms. The van der Waals surface area contributed by atoms with Crippen LogP contribution in [0.4, 0.5) is 5.69 Å². The van der Waals surface area contributed by atoms with Gasteiger partial charge in [0.1, 0.15) is 5.82 Å². The topological polar surface area (TPSA) is 108 Å². The molecule has 10 heteroatoms. The number of hydrogen-bond donors (Lipinski definition) is 3. The number of fused-ring (bicyclic) bond motifs is 1. The van der Waals surface area contributed by atoms with Crippen LogP contribution in [-0.2, 0) is 11.2 Å². The Bertz CT molecular complexity index is 1220. The average molecular weight is 427 g/mol. The van der Waals surface area contributed by atoms with E-state index in [1.807, 2.05) is 6.07 Å². The van der Waals surface area contributed by atoms with E-state index >= 15 is 0 Å². The maximum absolute atomic E-state index is 12.4. The Kier molecular flexibility index (Phi) is 4.72. The number of carbonyl (C=O) groups is 1. The number of H-pyrrole nitrogens is 2. The van der Waals surface area contributed by atoms with E-state index in [-0.39, 0.29) is 17.3 Å². The first-order chi connectivity index (χ1) is 14.2. The highest BCUT2D eigenvalue weighted by Gasteiger charge is 2.30. The zero-order valence-corrected chi connectivity index (χ0v) is 17.0. The summed E-state index contributed by atoms with van der Waals surface area (Å²) in [6, 6.07) is 9.85. The molecule has 4 aromatic rings. The van der Waals surface area contributed by atoms with Crippen LogP contribution in [-0.4, -0.2) is 36.4 Å². The van der Waals surface area contributed by atoms with Crippen LogP contribution in [0, 0.1) is 0 Å². The van der Waals surface area contributed by atoms with Gasteiger partial charge in [-0.25, -0.2) is 4.79 Å². The Labute approximate surface area is 173 Å². The van der Waals surface area contributed by atoms with E-state index in [2.05, 4.69) is 41.5 Å². The first kappa shape index (κ1) is 18.2. The molecule has 148 valence electrons. The van der Waals surface area contributed by atoms with Crippen LogP contribution >= 0.6 is 23.1 Å². The van der Waals surface area contributed by atoms with Crippen molar-refractivity contribution in [1.29, 1.82) is 0 Å². The third-order valence-electron chi connectivity index (χ3n) is 4.69. The van der Waals surface area contributed by atoms with Crippen LogP contribution in [0.1, 0.15) is 29.6 Å². The summed E-state index contributed by atoms with van der Waals surface area (Å²) in [4.78, 5) is 30.4. The van der Waals surface area contributed by atoms with Crippen LogP contribution in [0.15, 0.2) is 45.7 Å². The Morgan fingerprint density at radius 2 is 2.10 bits per heavy atom. The summed E-state index contributed by atoms with van der Waals surface area (Å²) < 4.78 is 2.19. The quantitative estimate of drug-likeness (QED) is 0.393. The van der Waals surface area contributed by atoms with Crippen molar-refractivity contribution in [2.45, 2.75) is 30.5 Å². The average Bonchev–Trinajstić information content (AvgIpc) is 3.09. The highest BCUT2D eigenvalue weighted by Crippen LogP contribution is 2.39. The fraction of sp³-hybridized carbons (Fsp3) is 0.263. The SMILES string of the molecule is O=C(CSc1nnc(Cc2cccs2)n1C1CC1)Nc1ccc2[nH]c(=O)[nH]c2c1. The zero-order chi connectivity index (χ0) is 19.8. The number of nitrogens with zero attached hydrogens (tertiary/aromatic N) is 3. The predicted molar refractivity (Wildman–Crippen MR) is 114 cm³/mol. The molecule has 1 amide bonds. The normalized spacial score (nSPS) is 13.8. The first-order valence-corrected chi connectivity index (χ1v) is 11.1. The smallest absolute Gasteiger partial charge is 0.323 e. The third-order valence-corrected chi connectivity index (χ3v) is 6.51. The number of imidazole rings is 1. The van der Waals surface area contributed by atoms with Crippen molar-refractivity contribution < 1.29 is 4.79 Å². The van der Waals surface area contributed by atoms with Gasteiger partial charge in [-0.15, -0.1) is 21.5 Å². The van der Waals surface area contributed by atoms with Crippen LogP contribution in [0.5, 0.6) is 0 Å². The monoisotopic (exact) mass is 426 g/mol. The Hall–Kier alpha value is -2.85. The summed E-state index contributed by atoms with van der Waals surface area (Å²) in [6.45, 7) is 0. The van der Waals surface area contributed by atoms with Crippen LogP contribution in [0.25, 0.3) is 11.0 Å². The number of benzene rings is 1. The van der Waals surface area contributed by atoms with Gasteiger partial charge >= 0.3 is 5.69 Å². The standard InChI is InChI=1S/C19H18N6O2S2/c26-17(20-11-3-6-14-15(8-11)22-18(27)21-14)10-29-19-24-23-16(25(19)12-4-5-12)9-13-2-1-7-28-13/h1-3,6-8,12H,4-5,9-10H2,(H,20,26)(H2,21,22,27). The summed E-state index contributed by atoms with van der Waals surface area (Å²) in [7, 11) is 0. The fourth-order valence-electron chi connectivity index (χ4n) is 3.23. The minimum Gasteiger partial charge on any atom is -0.325 e. The lowest BCUT2D eigenvalue weighted by atomic mass is 10.3. The van der Waals surface area contributed by atoms with Gasteiger partial charge < -0.3 is 19.9 Å². The minimum absolute atomic E-state index is 0.127. The molecule has 0 saturated heterocycles. The van der Waals surface area contributed by atoms with E-state index in [0.717, 1.165) is 30.2 Å². The third kappa shape index (κ3) is 3.99. The molecule has 0 atom stereocenters. The summed E-state index contributed by atoms with van der Waals surface area (Å²) >= 11 is 3.11. The molecule has 1 fully saturated rings. The maximum atomic E-state index is 12.4. The second-order valence-corrected chi connectivity index (χ2v) is 8.91. The number of amides is 1. The number of aromatic amines is 2. The summed E-state index contributed by atoms with van der Waals surface area (Å²) in [6.07, 6.45) is 3.02. The van der Waals surface area contributed by atoms with Gasteiger partial charge in [0.25, 0.3) is 0 Å². The van der Waals surface area contributed by atoms with Crippen LogP contribution in [0.3, 0.4) is 0 Å². The molecular formula is C19H18N6O2S2. The van der Waals surface area contributed by atoms with Crippen molar-refractivity contribution in [1.82, 2.24) is 24.7 Å². The molecule has 1 aromatic carbocycles. The molecule has 0 bridgehead atoms. The van der Waals surface area contributed by atoms with Gasteiger partial charge in [0.05, 0.1) is 16.8 Å². The Balaban J connectivity index is 1.26. The number of rotatable bonds is 7. The highest BCUT2D eigenvalue weighted by molar-refractivity contribution is 7.99. The van der Waals surface area contributed by atoms with E-state index < -0.39 is 0 Å². The van der Waals surface area contributed by atoms with Gasteiger partial charge in [-0.1, -0.05) is 17.8 Å². The summed E-state index contributed by atoms with van der Waals surface area (Å²) in [5, 5.41) is 14.4. The molecule has 0 aliphatic heterocycles. The number of aromatic nitrogens is 5. The van der Waals surface area contributed by atoms with Crippen molar-refractivity contribution in [3.05, 3.63) is 56.9 Å². The number of carbonyl (C=O) groups excluding carboxylic acids is 1. The van der Waals surface area contributed by atoms with Crippen molar-refractivity contribution >= 4 is 45.7 Å². The molecule has 1 saturated carbocycles. The zero-order valence-electron chi connectivity index (χ0n) is 15.3. The molecular weight excluding hydrogens is 408 g/mol. The van der Waals surface area contributed by atoms with Gasteiger partial charge in [-0.05, 0) is 42.5 Å². The number of thioether (sulfide) groups is 1. The molecule has 8 nitrogen and oxygen atoms in total. The Morgan fingerprint density at radius 3 is 2.90 bits per heavy atom. The Morgan fingerprint density at radius 1 is 1.24 bits per heavy atom. The van der Waals surface area contributed by atoms with Crippen molar-refractivity contribution in [2.75, 3.05) is 11.1 Å². The maximum Gasteiger partial charge on any atom is 0.323 e. The minimum atomic E-state index is -0.267. The van der Waals surface area contributed by atoms with Crippen molar-refractivity contribution in [3.63, 3.8) is 0 Å². The molecule has 0 radical (unpaired) electrons. The molecule has 0 unspecified atom stereocenters. The summed E-state index contributed by atoms with van der Waals surface area (Å²) in [5.41, 5.74) is 1.74. The number of hydrogen-bond acceptors (Lipinski definition) is 6. The van der Waals surface area contributed by atoms with E-state index in [0.29, 0.717) is 22.8 Å². The van der Waals surface area contributed by atoms with Gasteiger partial charge in [-0.3, -0.25) is 4.79 Å². The molecule has 0 spiro atoms. The van der Waals surface area contributed by atoms with Crippen molar-refractivity contribution in [2.24, 2.45) is 0 Å². The second-order valence-electron chi connectivity index (χ2n) is 6.93. The van der Waals surface area contributed by atoms with E-state index in [1.54, 1.807) is 29.5 Å². The van der Waals surface area contributed by atoms with Gasteiger partial charge in [0, 0.05) is 23.0 Å². The van der Waals surface area contributed by atoms with Gasteiger partial charge in [0.2, 0.25) is 5.91 Å². The lowest BCUT2D eigenvalue weighted by molar-refractivity contribution is -0.113. The molecule has 3 N–H and O–H groups in total. The lowest BCUT2D eigenvalue weighted by Gasteiger charge is -2.08. The molecule has 1 aliphatic carbocycles. The van der Waals surface area contributed by atoms with Crippen molar-refractivity contribution in [3.8, 4) is 0 Å². The molecule has 3 heterocycles. The van der Waals surface area contributed by atoms with Gasteiger partial charge in [-0.2, -0.15) is 0 Å². The van der Waals surface area contributed by atoms with Gasteiger partial charge in [0.15, 0.2) is 5.16 Å². The number of anilines is 1. The summed E-state index contributed by atoms with van der Waals surface area (Å²) in [5.74, 6) is 1.07. The second kappa shape index (κ2) is 7.53. The molecule has 3 aromatic heterocycles. The molecule has 1 aliphatic rings. The number of nitrogens with one attached hydrogen (secondary N) is 3. The van der Waals surface area contributed by atoms with E-state index in [9.17, 15) is 9.59 Å². The van der Waals surface area contributed by atoms with Crippen LogP contribution in [0.2, 0.25) is 0 Å². The van der Waals surface area contributed by atoms with E-state index in [4.69, 9.17) is 0 Å². The van der Waals surface area contributed by atoms with Crippen LogP contribution < -0.4 is 11.0 Å². The fourth-order valence-corrected chi connectivity index (χ4v) is 4.76. The van der Waals surface area contributed by atoms with E-state index in [1.165, 1.54) is 16.6 Å². The molecule has 5 rings (SSSR count).